The Labute approximate surface area is 199 Å². The Balaban J connectivity index is 1.62. The van der Waals surface area contributed by atoms with Gasteiger partial charge in [0, 0.05) is 37.9 Å². The molecule has 0 aliphatic carbocycles. The Morgan fingerprint density at radius 3 is 2.59 bits per heavy atom. The molecule has 178 valence electrons. The molecule has 0 radical (unpaired) electrons. The number of amides is 2. The van der Waals surface area contributed by atoms with Crippen molar-refractivity contribution in [1.82, 2.24) is 20.0 Å². The molecule has 1 atom stereocenters. The van der Waals surface area contributed by atoms with E-state index in [1.54, 1.807) is 36.8 Å². The van der Waals surface area contributed by atoms with Gasteiger partial charge in [0.15, 0.2) is 0 Å². The zero-order chi connectivity index (χ0) is 24.1. The van der Waals surface area contributed by atoms with Crippen molar-refractivity contribution in [2.45, 2.75) is 32.0 Å². The van der Waals surface area contributed by atoms with Crippen LogP contribution in [-0.2, 0) is 22.6 Å². The maximum atomic E-state index is 13.6. The molecule has 0 saturated heterocycles. The van der Waals surface area contributed by atoms with Gasteiger partial charge in [-0.05, 0) is 25.5 Å². The Morgan fingerprint density at radius 2 is 1.85 bits per heavy atom. The second-order valence-electron chi connectivity index (χ2n) is 8.51. The van der Waals surface area contributed by atoms with Gasteiger partial charge in [-0.15, -0.1) is 0 Å². The molecule has 0 spiro atoms. The van der Waals surface area contributed by atoms with Gasteiger partial charge >= 0.3 is 0 Å². The first-order valence-corrected chi connectivity index (χ1v) is 11.3. The van der Waals surface area contributed by atoms with Crippen LogP contribution in [-0.4, -0.2) is 59.4 Å². The largest absolute Gasteiger partial charge is 0.496 e. The highest BCUT2D eigenvalue weighted by Gasteiger charge is 2.47. The summed E-state index contributed by atoms with van der Waals surface area (Å²) in [4.78, 5) is 28.8. The number of benzene rings is 2. The first kappa shape index (κ1) is 23.5. The zero-order valence-corrected chi connectivity index (χ0v) is 19.8. The fourth-order valence-electron chi connectivity index (χ4n) is 4.32. The smallest absolute Gasteiger partial charge is 0.273 e. The summed E-state index contributed by atoms with van der Waals surface area (Å²) in [5.41, 5.74) is 1.86. The number of ether oxygens (including phenoxy) is 2. The van der Waals surface area contributed by atoms with Crippen LogP contribution in [0.2, 0.25) is 0 Å². The molecule has 0 fully saturated rings. The number of carbonyl (C=O) groups excluding carboxylic acids is 2. The molecule has 1 aliphatic rings. The minimum absolute atomic E-state index is 0.216. The maximum Gasteiger partial charge on any atom is 0.273 e. The van der Waals surface area contributed by atoms with E-state index in [1.165, 1.54) is 0 Å². The normalized spacial score (nSPS) is 17.4. The van der Waals surface area contributed by atoms with Crippen molar-refractivity contribution in [2.24, 2.45) is 0 Å². The number of fused-ring (bicyclic) bond motifs is 1. The zero-order valence-electron chi connectivity index (χ0n) is 19.8. The molecule has 1 aromatic heterocycles. The number of aromatic nitrogens is 2. The molecular formula is C26H30N4O4. The third-order valence-electron chi connectivity index (χ3n) is 6.22. The van der Waals surface area contributed by atoms with Crippen LogP contribution in [0.25, 0.3) is 11.3 Å². The summed E-state index contributed by atoms with van der Waals surface area (Å²) in [6.07, 6.45) is 0.622. The quantitative estimate of drug-likeness (QED) is 0.494. The van der Waals surface area contributed by atoms with E-state index in [1.807, 2.05) is 54.6 Å². The second kappa shape index (κ2) is 10.1. The van der Waals surface area contributed by atoms with Crippen LogP contribution in [0.3, 0.4) is 0 Å². The standard InChI is InChI=1S/C26H30N4O4/c1-26(25(32)27-17-20-12-7-8-13-23(20)34-3)18-30-22(24(31)29(26)14-9-15-33-2)16-21(28-30)19-10-5-4-6-11-19/h4-8,10-13,16H,9,14-15,17-18H2,1-3H3,(H,27,32)/t26-/m1/s1. The molecule has 2 heterocycles. The predicted molar refractivity (Wildman–Crippen MR) is 128 cm³/mol. The van der Waals surface area contributed by atoms with Gasteiger partial charge < -0.3 is 19.7 Å². The number of methoxy groups -OCH3 is 2. The summed E-state index contributed by atoms with van der Waals surface area (Å²) < 4.78 is 12.2. The van der Waals surface area contributed by atoms with Gasteiger partial charge in [-0.25, -0.2) is 0 Å². The van der Waals surface area contributed by atoms with E-state index in [0.29, 0.717) is 43.3 Å². The summed E-state index contributed by atoms with van der Waals surface area (Å²) in [7, 11) is 3.22. The average molecular weight is 463 g/mol. The summed E-state index contributed by atoms with van der Waals surface area (Å²) in [6.45, 7) is 3.24. The highest BCUT2D eigenvalue weighted by atomic mass is 16.5. The van der Waals surface area contributed by atoms with Crippen molar-refractivity contribution in [3.63, 3.8) is 0 Å². The molecule has 1 aliphatic heterocycles. The molecule has 1 N–H and O–H groups in total. The first-order valence-electron chi connectivity index (χ1n) is 11.3. The van der Waals surface area contributed by atoms with Crippen molar-refractivity contribution in [3.05, 3.63) is 71.9 Å². The van der Waals surface area contributed by atoms with E-state index in [0.717, 1.165) is 11.1 Å². The van der Waals surface area contributed by atoms with Crippen LogP contribution in [0.4, 0.5) is 0 Å². The van der Waals surface area contributed by atoms with Gasteiger partial charge in [0.05, 0.1) is 19.3 Å². The molecule has 0 saturated carbocycles. The van der Waals surface area contributed by atoms with E-state index in [-0.39, 0.29) is 18.4 Å². The topological polar surface area (TPSA) is 85.7 Å². The number of para-hydroxylation sites is 1. The monoisotopic (exact) mass is 462 g/mol. The van der Waals surface area contributed by atoms with Crippen molar-refractivity contribution in [3.8, 4) is 17.0 Å². The number of nitrogens with zero attached hydrogens (tertiary/aromatic N) is 3. The van der Waals surface area contributed by atoms with Gasteiger partial charge in [-0.3, -0.25) is 14.3 Å². The van der Waals surface area contributed by atoms with Crippen molar-refractivity contribution >= 4 is 11.8 Å². The summed E-state index contributed by atoms with van der Waals surface area (Å²) >= 11 is 0. The molecule has 8 heteroatoms. The lowest BCUT2D eigenvalue weighted by Crippen LogP contribution is -2.64. The van der Waals surface area contributed by atoms with Crippen LogP contribution in [0.15, 0.2) is 60.7 Å². The highest BCUT2D eigenvalue weighted by molar-refractivity contribution is 6.00. The molecule has 34 heavy (non-hydrogen) atoms. The number of rotatable bonds is 9. The molecule has 4 rings (SSSR count). The molecule has 2 aromatic carbocycles. The van der Waals surface area contributed by atoms with E-state index in [2.05, 4.69) is 10.4 Å². The number of nitrogens with one attached hydrogen (secondary N) is 1. The Bertz CT molecular complexity index is 1160. The Kier molecular flexibility index (Phi) is 6.98. The lowest BCUT2D eigenvalue weighted by atomic mass is 9.94. The minimum Gasteiger partial charge on any atom is -0.496 e. The van der Waals surface area contributed by atoms with Crippen LogP contribution >= 0.6 is 0 Å². The number of hydrogen-bond acceptors (Lipinski definition) is 5. The molecule has 8 nitrogen and oxygen atoms in total. The fraction of sp³-hybridized carbons (Fsp3) is 0.346. The van der Waals surface area contributed by atoms with Gasteiger partial charge in [-0.2, -0.15) is 5.10 Å². The van der Waals surface area contributed by atoms with Crippen molar-refractivity contribution < 1.29 is 19.1 Å². The van der Waals surface area contributed by atoms with E-state index in [4.69, 9.17) is 9.47 Å². The van der Waals surface area contributed by atoms with E-state index in [9.17, 15) is 9.59 Å². The molecule has 2 amide bonds. The fourth-order valence-corrected chi connectivity index (χ4v) is 4.32. The van der Waals surface area contributed by atoms with Crippen LogP contribution in [0.5, 0.6) is 5.75 Å². The SMILES string of the molecule is COCCCN1C(=O)c2cc(-c3ccccc3)nn2C[C@]1(C)C(=O)NCc1ccccc1OC. The van der Waals surface area contributed by atoms with Gasteiger partial charge in [0.2, 0.25) is 5.91 Å². The molecular weight excluding hydrogens is 432 g/mol. The third-order valence-corrected chi connectivity index (χ3v) is 6.22. The third kappa shape index (κ3) is 4.54. The first-order chi connectivity index (χ1) is 16.5. The van der Waals surface area contributed by atoms with Crippen LogP contribution < -0.4 is 10.1 Å². The highest BCUT2D eigenvalue weighted by Crippen LogP contribution is 2.30. The van der Waals surface area contributed by atoms with Gasteiger partial charge in [0.25, 0.3) is 5.91 Å². The predicted octanol–water partition coefficient (Wildman–Crippen LogP) is 3.13. The summed E-state index contributed by atoms with van der Waals surface area (Å²) in [5, 5.41) is 7.68. The molecule has 0 bridgehead atoms. The molecule has 3 aromatic rings. The summed E-state index contributed by atoms with van der Waals surface area (Å²) in [5.74, 6) is 0.241. The Morgan fingerprint density at radius 1 is 1.12 bits per heavy atom. The van der Waals surface area contributed by atoms with Gasteiger partial charge in [-0.1, -0.05) is 48.5 Å². The lowest BCUT2D eigenvalue weighted by molar-refractivity contribution is -0.133. The Hall–Kier alpha value is -3.65. The van der Waals surface area contributed by atoms with E-state index >= 15 is 0 Å². The van der Waals surface area contributed by atoms with Crippen molar-refractivity contribution in [1.29, 1.82) is 0 Å². The second-order valence-corrected chi connectivity index (χ2v) is 8.51. The number of carbonyl (C=O) groups is 2. The van der Waals surface area contributed by atoms with Gasteiger partial charge in [0.1, 0.15) is 17.0 Å². The summed E-state index contributed by atoms with van der Waals surface area (Å²) in [6, 6.07) is 19.0. The number of hydrogen-bond donors (Lipinski definition) is 1. The lowest BCUT2D eigenvalue weighted by Gasteiger charge is -2.43. The van der Waals surface area contributed by atoms with Crippen LogP contribution in [0, 0.1) is 0 Å². The maximum absolute atomic E-state index is 13.6. The minimum atomic E-state index is -1.11. The van der Waals surface area contributed by atoms with E-state index < -0.39 is 5.54 Å². The molecule has 0 unspecified atom stereocenters. The van der Waals surface area contributed by atoms with Crippen molar-refractivity contribution in [2.75, 3.05) is 27.4 Å². The average Bonchev–Trinajstić information content (AvgIpc) is 3.29. The van der Waals surface area contributed by atoms with Crippen LogP contribution in [0.1, 0.15) is 29.4 Å².